The number of imide groups is 1. The highest BCUT2D eigenvalue weighted by atomic mass is 16.2. The van der Waals surface area contributed by atoms with Crippen molar-refractivity contribution in [2.75, 3.05) is 19.6 Å². The maximum atomic E-state index is 12.4. The largest absolute Gasteiger partial charge is 0.369 e. The van der Waals surface area contributed by atoms with E-state index in [4.69, 9.17) is 5.73 Å². The molecule has 0 radical (unpaired) electrons. The normalized spacial score (nSPS) is 31.8. The maximum absolute atomic E-state index is 12.4. The summed E-state index contributed by atoms with van der Waals surface area (Å²) in [5.41, 5.74) is 5.13. The van der Waals surface area contributed by atoms with Crippen LogP contribution < -0.4 is 16.4 Å². The number of unbranched alkanes of at least 4 members (excludes halogenated alkanes) is 1. The Hall–Kier alpha value is -1.63. The highest BCUT2D eigenvalue weighted by Gasteiger charge is 2.51. The minimum atomic E-state index is -0.466. The number of rotatable bonds is 8. The van der Waals surface area contributed by atoms with Gasteiger partial charge in [-0.15, -0.1) is 0 Å². The molecule has 4 amide bonds. The van der Waals surface area contributed by atoms with Gasteiger partial charge in [-0.1, -0.05) is 13.3 Å². The van der Waals surface area contributed by atoms with Crippen molar-refractivity contribution < 1.29 is 14.4 Å². The van der Waals surface area contributed by atoms with E-state index in [9.17, 15) is 14.4 Å². The summed E-state index contributed by atoms with van der Waals surface area (Å²) in [4.78, 5) is 37.5. The van der Waals surface area contributed by atoms with Gasteiger partial charge in [-0.05, 0) is 69.2 Å². The SMILES string of the molecule is CCCCN(CC(N)=O)CC(=O)NC(=O)NC12CC3CC(CC(C3)C1)C2. The molecule has 4 fully saturated rings. The van der Waals surface area contributed by atoms with Crippen molar-refractivity contribution in [3.05, 3.63) is 0 Å². The van der Waals surface area contributed by atoms with E-state index in [-0.39, 0.29) is 24.5 Å². The van der Waals surface area contributed by atoms with Crippen molar-refractivity contribution in [2.45, 2.75) is 63.8 Å². The molecule has 4 saturated carbocycles. The predicted octanol–water partition coefficient (Wildman–Crippen LogP) is 1.37. The molecule has 7 nitrogen and oxygen atoms in total. The Morgan fingerprint density at radius 1 is 1.04 bits per heavy atom. The van der Waals surface area contributed by atoms with Crippen LogP contribution in [0.25, 0.3) is 0 Å². The minimum absolute atomic E-state index is 0.0111. The van der Waals surface area contributed by atoms with Gasteiger partial charge >= 0.3 is 6.03 Å². The zero-order valence-corrected chi connectivity index (χ0v) is 15.8. The van der Waals surface area contributed by atoms with Crippen LogP contribution in [0.5, 0.6) is 0 Å². The molecule has 4 aliphatic rings. The lowest BCUT2D eigenvalue weighted by Crippen LogP contribution is -2.62. The molecule has 7 heteroatoms. The summed E-state index contributed by atoms with van der Waals surface area (Å²) in [5.74, 6) is 1.35. The van der Waals surface area contributed by atoms with Crippen molar-refractivity contribution in [3.63, 3.8) is 0 Å². The Morgan fingerprint density at radius 2 is 1.62 bits per heavy atom. The number of hydrogen-bond acceptors (Lipinski definition) is 4. The zero-order valence-electron chi connectivity index (χ0n) is 15.8. The van der Waals surface area contributed by atoms with E-state index in [0.29, 0.717) is 6.54 Å². The van der Waals surface area contributed by atoms with Gasteiger partial charge in [0.1, 0.15) is 0 Å². The van der Waals surface area contributed by atoms with E-state index >= 15 is 0 Å². The van der Waals surface area contributed by atoms with Crippen LogP contribution in [0.3, 0.4) is 0 Å². The Bertz CT molecular complexity index is 528. The van der Waals surface area contributed by atoms with Gasteiger partial charge in [0.2, 0.25) is 11.8 Å². The number of nitrogens with zero attached hydrogens (tertiary/aromatic N) is 1. The summed E-state index contributed by atoms with van der Waals surface area (Å²) in [6.45, 7) is 2.70. The van der Waals surface area contributed by atoms with Crippen LogP contribution >= 0.6 is 0 Å². The molecule has 4 aliphatic carbocycles. The molecule has 0 aromatic heterocycles. The van der Waals surface area contributed by atoms with Crippen molar-refractivity contribution in [3.8, 4) is 0 Å². The second-order valence-electron chi connectivity index (χ2n) is 8.73. The van der Waals surface area contributed by atoms with E-state index in [1.165, 1.54) is 19.3 Å². The molecular weight excluding hydrogens is 332 g/mol. The van der Waals surface area contributed by atoms with Gasteiger partial charge in [-0.25, -0.2) is 4.79 Å². The van der Waals surface area contributed by atoms with E-state index in [1.807, 2.05) is 6.92 Å². The number of urea groups is 1. The number of carbonyl (C=O) groups is 3. The fourth-order valence-electron chi connectivity index (χ4n) is 5.72. The molecule has 26 heavy (non-hydrogen) atoms. The van der Waals surface area contributed by atoms with E-state index in [2.05, 4.69) is 10.6 Å². The van der Waals surface area contributed by atoms with Crippen molar-refractivity contribution in [1.82, 2.24) is 15.5 Å². The summed E-state index contributed by atoms with van der Waals surface area (Å²) in [7, 11) is 0. The van der Waals surface area contributed by atoms with E-state index in [1.54, 1.807) is 4.90 Å². The Balaban J connectivity index is 1.49. The maximum Gasteiger partial charge on any atom is 0.321 e. The number of nitrogens with two attached hydrogens (primary N) is 1. The molecule has 0 aromatic rings. The third-order valence-corrected chi connectivity index (χ3v) is 6.24. The third kappa shape index (κ3) is 4.75. The molecule has 4 rings (SSSR count). The Labute approximate surface area is 155 Å². The summed E-state index contributed by atoms with van der Waals surface area (Å²) < 4.78 is 0. The molecule has 0 aromatic carbocycles. The lowest BCUT2D eigenvalue weighted by Gasteiger charge is -2.56. The lowest BCUT2D eigenvalue weighted by molar-refractivity contribution is -0.123. The fourth-order valence-corrected chi connectivity index (χ4v) is 5.72. The summed E-state index contributed by atoms with van der Waals surface area (Å²) >= 11 is 0. The van der Waals surface area contributed by atoms with Crippen LogP contribution in [0.2, 0.25) is 0 Å². The number of amides is 4. The third-order valence-electron chi connectivity index (χ3n) is 6.24. The number of nitrogens with one attached hydrogen (secondary N) is 2. The highest BCUT2D eigenvalue weighted by molar-refractivity contribution is 5.95. The smallest absolute Gasteiger partial charge is 0.321 e. The van der Waals surface area contributed by atoms with Gasteiger partial charge in [0.15, 0.2) is 0 Å². The lowest BCUT2D eigenvalue weighted by atomic mass is 9.53. The molecule has 146 valence electrons. The molecule has 4 bridgehead atoms. The minimum Gasteiger partial charge on any atom is -0.369 e. The molecule has 0 atom stereocenters. The van der Waals surface area contributed by atoms with Gasteiger partial charge in [0.05, 0.1) is 13.1 Å². The zero-order chi connectivity index (χ0) is 18.7. The van der Waals surface area contributed by atoms with Crippen molar-refractivity contribution in [2.24, 2.45) is 23.5 Å². The van der Waals surface area contributed by atoms with Crippen LogP contribution in [0, 0.1) is 17.8 Å². The number of carbonyl (C=O) groups excluding carboxylic acids is 3. The predicted molar refractivity (Wildman–Crippen MR) is 98.1 cm³/mol. The van der Waals surface area contributed by atoms with Crippen molar-refractivity contribution >= 4 is 17.8 Å². The Kier molecular flexibility index (Phi) is 5.85. The molecular formula is C19H32N4O3. The number of primary amides is 1. The van der Waals surface area contributed by atoms with Crippen LogP contribution in [-0.2, 0) is 9.59 Å². The second kappa shape index (κ2) is 7.94. The Morgan fingerprint density at radius 3 is 2.12 bits per heavy atom. The van der Waals surface area contributed by atoms with Crippen LogP contribution in [0.4, 0.5) is 4.79 Å². The average Bonchev–Trinajstić information content (AvgIpc) is 2.49. The van der Waals surface area contributed by atoms with E-state index in [0.717, 1.165) is 49.9 Å². The second-order valence-corrected chi connectivity index (χ2v) is 8.73. The fraction of sp³-hybridized carbons (Fsp3) is 0.842. The van der Waals surface area contributed by atoms with Gasteiger partial charge in [0, 0.05) is 5.54 Å². The molecule has 0 unspecified atom stereocenters. The molecule has 0 spiro atoms. The monoisotopic (exact) mass is 364 g/mol. The van der Waals surface area contributed by atoms with Gasteiger partial charge < -0.3 is 11.1 Å². The molecule has 4 N–H and O–H groups in total. The summed E-state index contributed by atoms with van der Waals surface area (Å²) in [5, 5.41) is 5.58. The first-order valence-corrected chi connectivity index (χ1v) is 10.00. The summed E-state index contributed by atoms with van der Waals surface area (Å²) in [6.07, 6.45) is 8.90. The first-order chi connectivity index (χ1) is 12.4. The van der Waals surface area contributed by atoms with Crippen LogP contribution in [-0.4, -0.2) is 47.9 Å². The molecule has 0 aliphatic heterocycles. The summed E-state index contributed by atoms with van der Waals surface area (Å²) in [6, 6.07) is -0.397. The highest BCUT2D eigenvalue weighted by Crippen LogP contribution is 2.55. The quantitative estimate of drug-likeness (QED) is 0.605. The number of hydrogen-bond donors (Lipinski definition) is 3. The first kappa shape index (κ1) is 19.1. The first-order valence-electron chi connectivity index (χ1n) is 10.00. The van der Waals surface area contributed by atoms with Gasteiger partial charge in [0.25, 0.3) is 0 Å². The molecule has 0 saturated heterocycles. The van der Waals surface area contributed by atoms with Gasteiger partial charge in [-0.3, -0.25) is 19.8 Å². The topological polar surface area (TPSA) is 105 Å². The van der Waals surface area contributed by atoms with Crippen molar-refractivity contribution in [1.29, 1.82) is 0 Å². The van der Waals surface area contributed by atoms with Crippen LogP contribution in [0.1, 0.15) is 58.3 Å². The molecule has 0 heterocycles. The average molecular weight is 364 g/mol. The van der Waals surface area contributed by atoms with Crippen LogP contribution in [0.15, 0.2) is 0 Å². The van der Waals surface area contributed by atoms with E-state index < -0.39 is 11.9 Å². The van der Waals surface area contributed by atoms with Gasteiger partial charge in [-0.2, -0.15) is 0 Å². The standard InChI is InChI=1S/C19H32N4O3/c1-2-3-4-23(11-16(20)24)12-17(25)21-18(26)22-19-8-13-5-14(9-19)7-15(6-13)10-19/h13-15H,2-12H2,1H3,(H2,20,24)(H2,21,22,25,26).